The predicted octanol–water partition coefficient (Wildman–Crippen LogP) is 0.948. The van der Waals surface area contributed by atoms with Crippen molar-refractivity contribution < 1.29 is 9.50 Å². The molecule has 2 N–H and O–H groups in total. The van der Waals surface area contributed by atoms with Gasteiger partial charge >= 0.3 is 0 Å². The summed E-state index contributed by atoms with van der Waals surface area (Å²) in [6, 6.07) is 6.32. The predicted molar refractivity (Wildman–Crippen MR) is 52.5 cm³/mol. The van der Waals surface area contributed by atoms with Crippen LogP contribution in [0, 0.1) is 11.7 Å². The molecule has 1 saturated heterocycles. The van der Waals surface area contributed by atoms with Crippen LogP contribution in [0.4, 0.5) is 4.39 Å². The minimum atomic E-state index is -0.304. The SMILES string of the molecule is OC(Cc1ccc(F)cc1)C1CNC1. The smallest absolute Gasteiger partial charge is 0.123 e. The van der Waals surface area contributed by atoms with E-state index in [1.165, 1.54) is 12.1 Å². The van der Waals surface area contributed by atoms with Gasteiger partial charge in [0.15, 0.2) is 0 Å². The Kier molecular flexibility index (Phi) is 2.79. The molecule has 1 atom stereocenters. The number of aliphatic hydroxyl groups excluding tert-OH is 1. The summed E-state index contributed by atoms with van der Waals surface area (Å²) in [5.74, 6) is 0.133. The fraction of sp³-hybridized carbons (Fsp3) is 0.455. The van der Waals surface area contributed by atoms with Gasteiger partial charge in [-0.1, -0.05) is 12.1 Å². The molecule has 1 aliphatic heterocycles. The molecule has 2 rings (SSSR count). The first-order valence-electron chi connectivity index (χ1n) is 4.89. The van der Waals surface area contributed by atoms with Gasteiger partial charge < -0.3 is 10.4 Å². The number of halogens is 1. The van der Waals surface area contributed by atoms with Crippen molar-refractivity contribution in [2.24, 2.45) is 5.92 Å². The van der Waals surface area contributed by atoms with Gasteiger partial charge in [-0.3, -0.25) is 0 Å². The van der Waals surface area contributed by atoms with Crippen LogP contribution >= 0.6 is 0 Å². The lowest BCUT2D eigenvalue weighted by Gasteiger charge is -2.31. The highest BCUT2D eigenvalue weighted by molar-refractivity contribution is 5.17. The zero-order valence-corrected chi connectivity index (χ0v) is 7.91. The van der Waals surface area contributed by atoms with Crippen molar-refractivity contribution in [1.82, 2.24) is 5.32 Å². The normalized spacial score (nSPS) is 19.0. The molecule has 1 heterocycles. The zero-order valence-electron chi connectivity index (χ0n) is 7.91. The highest BCUT2D eigenvalue weighted by Gasteiger charge is 2.24. The number of hydrogen-bond donors (Lipinski definition) is 2. The van der Waals surface area contributed by atoms with Crippen LogP contribution in [0.3, 0.4) is 0 Å². The number of benzene rings is 1. The van der Waals surface area contributed by atoms with Crippen molar-refractivity contribution >= 4 is 0 Å². The van der Waals surface area contributed by atoms with Crippen molar-refractivity contribution in [2.45, 2.75) is 12.5 Å². The lowest BCUT2D eigenvalue weighted by molar-refractivity contribution is 0.0772. The van der Waals surface area contributed by atoms with Crippen LogP contribution in [0.1, 0.15) is 5.56 Å². The Labute approximate surface area is 82.8 Å². The molecule has 1 unspecified atom stereocenters. The van der Waals surface area contributed by atoms with Crippen LogP contribution in [-0.4, -0.2) is 24.3 Å². The molecule has 2 nitrogen and oxygen atoms in total. The monoisotopic (exact) mass is 195 g/mol. The maximum atomic E-state index is 12.6. The van der Waals surface area contributed by atoms with Gasteiger partial charge in [0.25, 0.3) is 0 Å². The molecular weight excluding hydrogens is 181 g/mol. The lowest BCUT2D eigenvalue weighted by atomic mass is 9.92. The van der Waals surface area contributed by atoms with Crippen LogP contribution < -0.4 is 5.32 Å². The standard InChI is InChI=1S/C11H14FNO/c12-10-3-1-8(2-4-10)5-11(14)9-6-13-7-9/h1-4,9,11,13-14H,5-7H2. The first-order valence-corrected chi connectivity index (χ1v) is 4.89. The van der Waals surface area contributed by atoms with E-state index in [0.717, 1.165) is 18.7 Å². The quantitative estimate of drug-likeness (QED) is 0.752. The second-order valence-corrected chi connectivity index (χ2v) is 3.82. The molecule has 3 heteroatoms. The number of nitrogens with one attached hydrogen (secondary N) is 1. The molecule has 0 saturated carbocycles. The van der Waals surface area contributed by atoms with Crippen LogP contribution in [0.5, 0.6) is 0 Å². The van der Waals surface area contributed by atoms with Crippen LogP contribution in [0.15, 0.2) is 24.3 Å². The van der Waals surface area contributed by atoms with Gasteiger partial charge in [0.05, 0.1) is 6.10 Å². The van der Waals surface area contributed by atoms with Gasteiger partial charge in [-0.2, -0.15) is 0 Å². The minimum Gasteiger partial charge on any atom is -0.392 e. The molecule has 0 spiro atoms. The number of hydrogen-bond acceptors (Lipinski definition) is 2. The third-order valence-corrected chi connectivity index (χ3v) is 2.72. The molecule has 1 aromatic rings. The second kappa shape index (κ2) is 4.07. The molecule has 1 aliphatic rings. The molecule has 1 fully saturated rings. The van der Waals surface area contributed by atoms with E-state index in [9.17, 15) is 9.50 Å². The van der Waals surface area contributed by atoms with Gasteiger partial charge in [-0.15, -0.1) is 0 Å². The second-order valence-electron chi connectivity index (χ2n) is 3.82. The van der Waals surface area contributed by atoms with E-state index in [4.69, 9.17) is 0 Å². The van der Waals surface area contributed by atoms with Gasteiger partial charge in [0.2, 0.25) is 0 Å². The van der Waals surface area contributed by atoms with E-state index in [1.54, 1.807) is 12.1 Å². The summed E-state index contributed by atoms with van der Waals surface area (Å²) in [5.41, 5.74) is 0.991. The summed E-state index contributed by atoms with van der Waals surface area (Å²) < 4.78 is 12.6. The van der Waals surface area contributed by atoms with Gasteiger partial charge in [0, 0.05) is 19.0 Å². The summed E-state index contributed by atoms with van der Waals surface area (Å²) in [7, 11) is 0. The highest BCUT2D eigenvalue weighted by atomic mass is 19.1. The van der Waals surface area contributed by atoms with E-state index in [1.807, 2.05) is 0 Å². The summed E-state index contributed by atoms with van der Waals surface area (Å²) in [5, 5.41) is 12.9. The topological polar surface area (TPSA) is 32.3 Å². The first kappa shape index (κ1) is 9.62. The van der Waals surface area contributed by atoms with Crippen molar-refractivity contribution in [3.8, 4) is 0 Å². The summed E-state index contributed by atoms with van der Waals surface area (Å²) in [4.78, 5) is 0. The lowest BCUT2D eigenvalue weighted by Crippen LogP contribution is -2.49. The summed E-state index contributed by atoms with van der Waals surface area (Å²) >= 11 is 0. The van der Waals surface area contributed by atoms with Gasteiger partial charge in [-0.05, 0) is 24.1 Å². The van der Waals surface area contributed by atoms with Crippen LogP contribution in [0.2, 0.25) is 0 Å². The van der Waals surface area contributed by atoms with Crippen molar-refractivity contribution in [3.63, 3.8) is 0 Å². The van der Waals surface area contributed by atoms with Crippen LogP contribution in [0.25, 0.3) is 0 Å². The van der Waals surface area contributed by atoms with Crippen LogP contribution in [-0.2, 0) is 6.42 Å². The maximum absolute atomic E-state index is 12.6. The van der Waals surface area contributed by atoms with Crippen molar-refractivity contribution in [1.29, 1.82) is 0 Å². The Morgan fingerprint density at radius 3 is 2.50 bits per heavy atom. The van der Waals surface area contributed by atoms with Crippen molar-refractivity contribution in [2.75, 3.05) is 13.1 Å². The Morgan fingerprint density at radius 2 is 2.00 bits per heavy atom. The Hall–Kier alpha value is -0.930. The molecule has 0 aromatic heterocycles. The van der Waals surface area contributed by atoms with Crippen molar-refractivity contribution in [3.05, 3.63) is 35.6 Å². The summed E-state index contributed by atoms with van der Waals surface area (Å²) in [6.07, 6.45) is 0.314. The Morgan fingerprint density at radius 1 is 1.36 bits per heavy atom. The van der Waals surface area contributed by atoms with E-state index in [2.05, 4.69) is 5.32 Å². The van der Waals surface area contributed by atoms with Gasteiger partial charge in [0.1, 0.15) is 5.82 Å². The third kappa shape index (κ3) is 2.11. The molecule has 0 bridgehead atoms. The Bertz CT molecular complexity index is 295. The van der Waals surface area contributed by atoms with E-state index in [0.29, 0.717) is 12.3 Å². The van der Waals surface area contributed by atoms with E-state index < -0.39 is 0 Å². The molecular formula is C11H14FNO. The average molecular weight is 195 g/mol. The fourth-order valence-corrected chi connectivity index (χ4v) is 1.61. The number of rotatable bonds is 3. The highest BCUT2D eigenvalue weighted by Crippen LogP contribution is 2.14. The van der Waals surface area contributed by atoms with E-state index in [-0.39, 0.29) is 11.9 Å². The summed E-state index contributed by atoms with van der Waals surface area (Å²) in [6.45, 7) is 1.78. The third-order valence-electron chi connectivity index (χ3n) is 2.72. The molecule has 0 amide bonds. The number of aliphatic hydroxyl groups is 1. The molecule has 76 valence electrons. The maximum Gasteiger partial charge on any atom is 0.123 e. The molecule has 1 aromatic carbocycles. The average Bonchev–Trinajstić information content (AvgIpc) is 2.06. The molecule has 0 radical (unpaired) electrons. The Balaban J connectivity index is 1.92. The minimum absolute atomic E-state index is 0.228. The molecule has 0 aliphatic carbocycles. The first-order chi connectivity index (χ1) is 6.75. The van der Waals surface area contributed by atoms with Gasteiger partial charge in [-0.25, -0.2) is 4.39 Å². The fourth-order valence-electron chi connectivity index (χ4n) is 1.61. The largest absolute Gasteiger partial charge is 0.392 e. The molecule has 14 heavy (non-hydrogen) atoms. The van der Waals surface area contributed by atoms with E-state index >= 15 is 0 Å². The zero-order chi connectivity index (χ0) is 9.97.